The van der Waals surface area contributed by atoms with E-state index in [1.165, 1.54) is 11.6 Å². The van der Waals surface area contributed by atoms with E-state index in [9.17, 15) is 4.39 Å². The van der Waals surface area contributed by atoms with Crippen molar-refractivity contribution in [1.82, 2.24) is 0 Å². The van der Waals surface area contributed by atoms with Gasteiger partial charge in [-0.3, -0.25) is 0 Å². The van der Waals surface area contributed by atoms with Gasteiger partial charge in [0.15, 0.2) is 0 Å². The van der Waals surface area contributed by atoms with Crippen molar-refractivity contribution in [2.75, 3.05) is 0 Å². The Morgan fingerprint density at radius 1 is 1.29 bits per heavy atom. The summed E-state index contributed by atoms with van der Waals surface area (Å²) >= 11 is 7.60. The predicted octanol–water partition coefficient (Wildman–Crippen LogP) is 3.65. The Kier molecular flexibility index (Phi) is 4.15. The molecule has 1 unspecified atom stereocenters. The Morgan fingerprint density at radius 3 is 2.76 bits per heavy atom. The summed E-state index contributed by atoms with van der Waals surface area (Å²) in [6.07, 6.45) is 1.20. The Morgan fingerprint density at radius 2 is 2.12 bits per heavy atom. The number of nitrogens with two attached hydrogens (primary N) is 1. The molecule has 1 aromatic carbocycles. The maximum Gasteiger partial charge on any atom is 0.127 e. The lowest BCUT2D eigenvalue weighted by molar-refractivity contribution is 0.584. The molecule has 4 heteroatoms. The van der Waals surface area contributed by atoms with Gasteiger partial charge in [0.05, 0.1) is 0 Å². The van der Waals surface area contributed by atoms with Crippen molar-refractivity contribution in [2.45, 2.75) is 18.9 Å². The van der Waals surface area contributed by atoms with Gasteiger partial charge >= 0.3 is 0 Å². The number of halogens is 2. The molecule has 0 aliphatic heterocycles. The van der Waals surface area contributed by atoms with Gasteiger partial charge < -0.3 is 5.73 Å². The first-order chi connectivity index (χ1) is 8.16. The molecule has 1 nitrogen and oxygen atoms in total. The predicted molar refractivity (Wildman–Crippen MR) is 71.1 cm³/mol. The van der Waals surface area contributed by atoms with E-state index in [2.05, 4.69) is 5.38 Å². The largest absolute Gasteiger partial charge is 0.327 e. The highest BCUT2D eigenvalue weighted by molar-refractivity contribution is 7.07. The summed E-state index contributed by atoms with van der Waals surface area (Å²) in [7, 11) is 0. The Hall–Kier alpha value is -0.900. The maximum atomic E-state index is 13.6. The van der Waals surface area contributed by atoms with Crippen LogP contribution in [0.1, 0.15) is 11.1 Å². The van der Waals surface area contributed by atoms with Crippen molar-refractivity contribution in [2.24, 2.45) is 5.73 Å². The van der Waals surface area contributed by atoms with E-state index in [4.69, 9.17) is 17.3 Å². The lowest BCUT2D eigenvalue weighted by atomic mass is 10.0. The molecular weight excluding hydrogens is 257 g/mol. The van der Waals surface area contributed by atoms with Crippen LogP contribution in [0.15, 0.2) is 35.0 Å². The zero-order chi connectivity index (χ0) is 12.3. The topological polar surface area (TPSA) is 26.0 Å². The van der Waals surface area contributed by atoms with Crippen LogP contribution in [0.2, 0.25) is 5.02 Å². The van der Waals surface area contributed by atoms with Crippen LogP contribution >= 0.6 is 22.9 Å². The molecule has 0 saturated carbocycles. The van der Waals surface area contributed by atoms with Crippen molar-refractivity contribution in [3.63, 3.8) is 0 Å². The lowest BCUT2D eigenvalue weighted by Crippen LogP contribution is -2.26. The molecule has 0 aliphatic carbocycles. The van der Waals surface area contributed by atoms with Crippen LogP contribution in [0.25, 0.3) is 0 Å². The van der Waals surface area contributed by atoms with Crippen molar-refractivity contribution < 1.29 is 4.39 Å². The minimum absolute atomic E-state index is 0.112. The number of hydrogen-bond acceptors (Lipinski definition) is 2. The summed E-state index contributed by atoms with van der Waals surface area (Å²) in [5, 5.41) is 4.52. The standard InChI is InChI=1S/C13H13ClFNS/c14-12-2-1-3-13(15)11(12)7-10(16)6-9-4-5-17-8-9/h1-5,8,10H,6-7,16H2. The highest BCUT2D eigenvalue weighted by Crippen LogP contribution is 2.21. The quantitative estimate of drug-likeness (QED) is 0.901. The first-order valence-electron chi connectivity index (χ1n) is 5.36. The van der Waals surface area contributed by atoms with Gasteiger partial charge in [0, 0.05) is 16.6 Å². The average Bonchev–Trinajstić information content (AvgIpc) is 2.76. The Balaban J connectivity index is 2.05. The van der Waals surface area contributed by atoms with Crippen LogP contribution in [0.5, 0.6) is 0 Å². The first-order valence-corrected chi connectivity index (χ1v) is 6.68. The molecule has 0 radical (unpaired) electrons. The minimum atomic E-state index is -0.279. The van der Waals surface area contributed by atoms with Crippen LogP contribution in [0, 0.1) is 5.82 Å². The number of rotatable bonds is 4. The third-order valence-corrected chi connectivity index (χ3v) is 3.69. The molecule has 0 spiro atoms. The van der Waals surface area contributed by atoms with Crippen molar-refractivity contribution in [3.8, 4) is 0 Å². The fourth-order valence-electron chi connectivity index (χ4n) is 1.77. The normalized spacial score (nSPS) is 12.6. The number of hydrogen-bond donors (Lipinski definition) is 1. The van der Waals surface area contributed by atoms with Crippen LogP contribution in [-0.4, -0.2) is 6.04 Å². The molecule has 2 rings (SSSR count). The van der Waals surface area contributed by atoms with Gasteiger partial charge in [0.1, 0.15) is 5.82 Å². The van der Waals surface area contributed by atoms with Gasteiger partial charge in [-0.25, -0.2) is 4.39 Å². The molecule has 2 aromatic rings. The molecule has 17 heavy (non-hydrogen) atoms. The fraction of sp³-hybridized carbons (Fsp3) is 0.231. The summed E-state index contributed by atoms with van der Waals surface area (Å²) in [5.41, 5.74) is 7.71. The first kappa shape index (κ1) is 12.6. The van der Waals surface area contributed by atoms with E-state index >= 15 is 0 Å². The van der Waals surface area contributed by atoms with E-state index in [0.29, 0.717) is 17.0 Å². The second-order valence-electron chi connectivity index (χ2n) is 4.00. The van der Waals surface area contributed by atoms with Gasteiger partial charge in [-0.05, 0) is 47.4 Å². The molecule has 0 bridgehead atoms. The summed E-state index contributed by atoms with van der Waals surface area (Å²) in [6.45, 7) is 0. The van der Waals surface area contributed by atoms with Gasteiger partial charge in [0.2, 0.25) is 0 Å². The van der Waals surface area contributed by atoms with Crippen LogP contribution in [-0.2, 0) is 12.8 Å². The van der Waals surface area contributed by atoms with E-state index in [1.807, 2.05) is 11.4 Å². The SMILES string of the molecule is NC(Cc1ccsc1)Cc1c(F)cccc1Cl. The van der Waals surface area contributed by atoms with Crippen LogP contribution < -0.4 is 5.73 Å². The fourth-order valence-corrected chi connectivity index (χ4v) is 2.69. The van der Waals surface area contributed by atoms with Gasteiger partial charge in [-0.2, -0.15) is 11.3 Å². The Labute approximate surface area is 109 Å². The molecule has 90 valence electrons. The Bertz CT molecular complexity index is 464. The second kappa shape index (κ2) is 5.63. The van der Waals surface area contributed by atoms with Gasteiger partial charge in [-0.1, -0.05) is 17.7 Å². The molecule has 0 saturated heterocycles. The molecule has 0 aliphatic rings. The zero-order valence-electron chi connectivity index (χ0n) is 9.20. The molecule has 0 amide bonds. The highest BCUT2D eigenvalue weighted by Gasteiger charge is 2.12. The van der Waals surface area contributed by atoms with E-state index in [1.54, 1.807) is 23.5 Å². The zero-order valence-corrected chi connectivity index (χ0v) is 10.8. The van der Waals surface area contributed by atoms with E-state index < -0.39 is 0 Å². The van der Waals surface area contributed by atoms with Crippen molar-refractivity contribution >= 4 is 22.9 Å². The number of thiophene rings is 1. The third-order valence-electron chi connectivity index (χ3n) is 2.61. The van der Waals surface area contributed by atoms with Gasteiger partial charge in [0.25, 0.3) is 0 Å². The highest BCUT2D eigenvalue weighted by atomic mass is 35.5. The van der Waals surface area contributed by atoms with Crippen molar-refractivity contribution in [1.29, 1.82) is 0 Å². The second-order valence-corrected chi connectivity index (χ2v) is 5.19. The summed E-state index contributed by atoms with van der Waals surface area (Å²) in [4.78, 5) is 0. The lowest BCUT2D eigenvalue weighted by Gasteiger charge is -2.12. The van der Waals surface area contributed by atoms with Crippen molar-refractivity contribution in [3.05, 3.63) is 57.0 Å². The smallest absolute Gasteiger partial charge is 0.127 e. The van der Waals surface area contributed by atoms with Crippen LogP contribution in [0.3, 0.4) is 0 Å². The van der Waals surface area contributed by atoms with Gasteiger partial charge in [-0.15, -0.1) is 0 Å². The molecule has 1 heterocycles. The van der Waals surface area contributed by atoms with Crippen LogP contribution in [0.4, 0.5) is 4.39 Å². The molecule has 1 atom stereocenters. The van der Waals surface area contributed by atoms with E-state index in [-0.39, 0.29) is 11.9 Å². The maximum absolute atomic E-state index is 13.6. The summed E-state index contributed by atoms with van der Waals surface area (Å²) in [6, 6.07) is 6.63. The molecular formula is C13H13ClFNS. The summed E-state index contributed by atoms with van der Waals surface area (Å²) in [5.74, 6) is -0.279. The molecule has 2 N–H and O–H groups in total. The molecule has 0 fully saturated rings. The third kappa shape index (κ3) is 3.28. The number of benzene rings is 1. The molecule has 1 aromatic heterocycles. The summed E-state index contributed by atoms with van der Waals surface area (Å²) < 4.78 is 13.6. The minimum Gasteiger partial charge on any atom is -0.327 e. The average molecular weight is 270 g/mol. The van der Waals surface area contributed by atoms with E-state index in [0.717, 1.165) is 6.42 Å². The monoisotopic (exact) mass is 269 g/mol.